The van der Waals surface area contributed by atoms with E-state index in [4.69, 9.17) is 4.74 Å². The van der Waals surface area contributed by atoms with Gasteiger partial charge in [0.05, 0.1) is 4.90 Å². The summed E-state index contributed by atoms with van der Waals surface area (Å²) in [4.78, 5) is 23.9. The molecule has 2 rings (SSSR count). The average molecular weight is 480 g/mol. The highest BCUT2D eigenvalue weighted by Gasteiger charge is 2.29. The third kappa shape index (κ3) is 5.22. The lowest BCUT2D eigenvalue weighted by Gasteiger charge is -2.19. The Hall–Kier alpha value is -3.06. The predicted molar refractivity (Wildman–Crippen MR) is 101 cm³/mol. The molecule has 13 heteroatoms. The number of ether oxygens (including phenoxy) is 1. The first-order chi connectivity index (χ1) is 14.8. The summed E-state index contributed by atoms with van der Waals surface area (Å²) in [6, 6.07) is 5.74. The number of likely N-dealkylation sites (N-methyl/N-ethyl adjacent to an activating group) is 1. The minimum Gasteiger partial charge on any atom is -0.452 e. The van der Waals surface area contributed by atoms with Gasteiger partial charge in [0.15, 0.2) is 29.4 Å². The zero-order valence-corrected chi connectivity index (χ0v) is 17.7. The van der Waals surface area contributed by atoms with Crippen LogP contribution in [-0.4, -0.2) is 44.3 Å². The SMILES string of the molecule is Cc1ccc(S(=O)(=O)N(C)CC(=O)O[C@@H](C)C(=O)Nc2c(F)c(F)c(F)c(F)c2F)cc1. The number of aryl methyl sites for hydroxylation is 1. The van der Waals surface area contributed by atoms with Crippen LogP contribution in [0, 0.1) is 36.0 Å². The largest absolute Gasteiger partial charge is 0.452 e. The molecule has 32 heavy (non-hydrogen) atoms. The molecule has 0 aliphatic heterocycles. The summed E-state index contributed by atoms with van der Waals surface area (Å²) in [5.74, 6) is -14.1. The summed E-state index contributed by atoms with van der Waals surface area (Å²) in [5, 5.41) is 1.46. The van der Waals surface area contributed by atoms with E-state index in [0.29, 0.717) is 4.31 Å². The van der Waals surface area contributed by atoms with Crippen molar-refractivity contribution in [3.8, 4) is 0 Å². The van der Waals surface area contributed by atoms with E-state index in [1.165, 1.54) is 17.4 Å². The van der Waals surface area contributed by atoms with Crippen molar-refractivity contribution in [2.75, 3.05) is 18.9 Å². The lowest BCUT2D eigenvalue weighted by atomic mass is 10.2. The number of carbonyl (C=O) groups excluding carboxylic acids is 2. The highest BCUT2D eigenvalue weighted by molar-refractivity contribution is 7.89. The van der Waals surface area contributed by atoms with Crippen LogP contribution in [-0.2, 0) is 24.3 Å². The van der Waals surface area contributed by atoms with Gasteiger partial charge in [0.2, 0.25) is 15.8 Å². The topological polar surface area (TPSA) is 92.8 Å². The standard InChI is InChI=1S/C19H17F5N2O5S/c1-9-4-6-11(7-5-9)32(29,30)26(3)8-12(27)31-10(2)19(28)25-18-16(23)14(21)13(20)15(22)17(18)24/h4-7,10H,8H2,1-3H3,(H,25,28)/t10-/m0/s1. The van der Waals surface area contributed by atoms with Crippen LogP contribution in [0.1, 0.15) is 12.5 Å². The molecule has 0 radical (unpaired) electrons. The average Bonchev–Trinajstić information content (AvgIpc) is 2.73. The third-order valence-corrected chi connectivity index (χ3v) is 6.03. The van der Waals surface area contributed by atoms with Gasteiger partial charge in [-0.15, -0.1) is 0 Å². The van der Waals surface area contributed by atoms with E-state index in [-0.39, 0.29) is 4.90 Å². The minimum absolute atomic E-state index is 0.101. The van der Waals surface area contributed by atoms with Crippen molar-refractivity contribution < 1.29 is 44.7 Å². The van der Waals surface area contributed by atoms with E-state index in [1.807, 2.05) is 0 Å². The fourth-order valence-corrected chi connectivity index (χ4v) is 3.50. The van der Waals surface area contributed by atoms with Crippen LogP contribution in [0.4, 0.5) is 27.6 Å². The van der Waals surface area contributed by atoms with Gasteiger partial charge in [-0.1, -0.05) is 17.7 Å². The van der Waals surface area contributed by atoms with Gasteiger partial charge in [-0.25, -0.2) is 30.4 Å². The molecule has 2 aromatic rings. The van der Waals surface area contributed by atoms with Gasteiger partial charge >= 0.3 is 5.97 Å². The molecule has 0 saturated heterocycles. The number of benzene rings is 2. The Morgan fingerprint density at radius 2 is 1.44 bits per heavy atom. The fourth-order valence-electron chi connectivity index (χ4n) is 2.38. The molecule has 0 saturated carbocycles. The zero-order valence-electron chi connectivity index (χ0n) is 16.9. The third-order valence-electron chi connectivity index (χ3n) is 4.22. The van der Waals surface area contributed by atoms with Crippen LogP contribution in [0.2, 0.25) is 0 Å². The highest BCUT2D eigenvalue weighted by atomic mass is 32.2. The number of carbonyl (C=O) groups is 2. The molecule has 0 unspecified atom stereocenters. The molecule has 174 valence electrons. The quantitative estimate of drug-likeness (QED) is 0.285. The normalized spacial score (nSPS) is 12.5. The molecule has 1 atom stereocenters. The molecule has 0 aromatic heterocycles. The van der Waals surface area contributed by atoms with Crippen LogP contribution < -0.4 is 5.32 Å². The van der Waals surface area contributed by atoms with Crippen LogP contribution in [0.3, 0.4) is 0 Å². The Bertz CT molecular complexity index is 1130. The summed E-state index contributed by atoms with van der Waals surface area (Å²) in [5.41, 5.74) is -0.812. The number of sulfonamides is 1. The number of hydrogen-bond donors (Lipinski definition) is 1. The van der Waals surface area contributed by atoms with Gasteiger partial charge in [-0.2, -0.15) is 4.31 Å². The first-order valence-corrected chi connectivity index (χ1v) is 10.3. The molecule has 0 aliphatic rings. The molecule has 2 aromatic carbocycles. The molecule has 0 bridgehead atoms. The van der Waals surface area contributed by atoms with E-state index in [2.05, 4.69) is 0 Å². The molecule has 0 heterocycles. The number of esters is 1. The van der Waals surface area contributed by atoms with Crippen molar-refractivity contribution in [1.29, 1.82) is 0 Å². The van der Waals surface area contributed by atoms with E-state index in [1.54, 1.807) is 19.1 Å². The Labute approximate surface area is 179 Å². The molecule has 0 aliphatic carbocycles. The summed E-state index contributed by atoms with van der Waals surface area (Å²) < 4.78 is 97.1. The maximum Gasteiger partial charge on any atom is 0.322 e. The predicted octanol–water partition coefficient (Wildman–Crippen LogP) is 2.88. The van der Waals surface area contributed by atoms with Crippen molar-refractivity contribution in [3.05, 3.63) is 58.9 Å². The number of nitrogens with one attached hydrogen (secondary N) is 1. The second-order valence-corrected chi connectivity index (χ2v) is 8.69. The molecule has 0 fully saturated rings. The van der Waals surface area contributed by atoms with Crippen molar-refractivity contribution in [3.63, 3.8) is 0 Å². The van der Waals surface area contributed by atoms with Gasteiger partial charge in [-0.3, -0.25) is 9.59 Å². The summed E-state index contributed by atoms with van der Waals surface area (Å²) in [6.07, 6.45) is -1.76. The van der Waals surface area contributed by atoms with Gasteiger partial charge in [0.25, 0.3) is 5.91 Å². The van der Waals surface area contributed by atoms with Gasteiger partial charge in [-0.05, 0) is 26.0 Å². The van der Waals surface area contributed by atoms with Crippen molar-refractivity contribution in [2.24, 2.45) is 0 Å². The number of amides is 1. The lowest BCUT2D eigenvalue weighted by molar-refractivity contribution is -0.153. The maximum absolute atomic E-state index is 13.7. The van der Waals surface area contributed by atoms with Crippen LogP contribution in [0.25, 0.3) is 0 Å². The first kappa shape index (κ1) is 25.2. The molecule has 0 spiro atoms. The van der Waals surface area contributed by atoms with E-state index in [9.17, 15) is 40.0 Å². The Morgan fingerprint density at radius 1 is 0.969 bits per heavy atom. The summed E-state index contributed by atoms with van der Waals surface area (Å²) in [6.45, 7) is 1.88. The Kier molecular flexibility index (Phi) is 7.57. The van der Waals surface area contributed by atoms with Crippen molar-refractivity contribution in [2.45, 2.75) is 24.8 Å². The summed E-state index contributed by atoms with van der Waals surface area (Å²) >= 11 is 0. The van der Waals surface area contributed by atoms with Crippen LogP contribution >= 0.6 is 0 Å². The number of anilines is 1. The van der Waals surface area contributed by atoms with Gasteiger partial charge in [0, 0.05) is 7.05 Å². The summed E-state index contributed by atoms with van der Waals surface area (Å²) in [7, 11) is -2.99. The van der Waals surface area contributed by atoms with Crippen LogP contribution in [0.15, 0.2) is 29.2 Å². The molecule has 1 amide bonds. The van der Waals surface area contributed by atoms with Crippen LogP contribution in [0.5, 0.6) is 0 Å². The van der Waals surface area contributed by atoms with Crippen molar-refractivity contribution >= 4 is 27.6 Å². The molecule has 1 N–H and O–H groups in total. The highest BCUT2D eigenvalue weighted by Crippen LogP contribution is 2.27. The monoisotopic (exact) mass is 480 g/mol. The van der Waals surface area contributed by atoms with E-state index < -0.39 is 69.3 Å². The molecular weight excluding hydrogens is 463 g/mol. The lowest BCUT2D eigenvalue weighted by Crippen LogP contribution is -2.37. The first-order valence-electron chi connectivity index (χ1n) is 8.82. The second kappa shape index (κ2) is 9.61. The number of nitrogens with zero attached hydrogens (tertiary/aromatic N) is 1. The fraction of sp³-hybridized carbons (Fsp3) is 0.263. The zero-order chi connectivity index (χ0) is 24.4. The number of rotatable bonds is 7. The second-order valence-electron chi connectivity index (χ2n) is 6.64. The Balaban J connectivity index is 2.06. The van der Waals surface area contributed by atoms with E-state index in [0.717, 1.165) is 19.5 Å². The smallest absolute Gasteiger partial charge is 0.322 e. The number of hydrogen-bond acceptors (Lipinski definition) is 5. The van der Waals surface area contributed by atoms with Crippen molar-refractivity contribution in [1.82, 2.24) is 4.31 Å². The minimum atomic E-state index is -4.07. The van der Waals surface area contributed by atoms with E-state index >= 15 is 0 Å². The maximum atomic E-state index is 13.7. The van der Waals surface area contributed by atoms with Gasteiger partial charge < -0.3 is 10.1 Å². The van der Waals surface area contributed by atoms with Gasteiger partial charge in [0.1, 0.15) is 12.2 Å². The molecular formula is C19H17F5N2O5S. The number of halogens is 5. The Morgan fingerprint density at radius 3 is 1.94 bits per heavy atom. The molecule has 7 nitrogen and oxygen atoms in total.